The smallest absolute Gasteiger partial charge is 0.335 e. The Kier molecular flexibility index (Phi) is 10.2. The molecule has 0 amide bonds. The molecule has 2 fully saturated rings. The van der Waals surface area contributed by atoms with Crippen LogP contribution in [0.1, 0.15) is 74.5 Å². The molecule has 0 aromatic carbocycles. The number of fused-ring (bicyclic) bond motifs is 1. The molecule has 0 spiro atoms. The van der Waals surface area contributed by atoms with E-state index in [1.54, 1.807) is 0 Å². The lowest BCUT2D eigenvalue weighted by Crippen LogP contribution is -2.67. The summed E-state index contributed by atoms with van der Waals surface area (Å²) in [7, 11) is -9.74. The molecule has 12 nitrogen and oxygen atoms in total. The molecule has 1 aromatic heterocycles. The van der Waals surface area contributed by atoms with Crippen molar-refractivity contribution in [1.82, 2.24) is 9.55 Å². The number of aromatic amines is 1. The van der Waals surface area contributed by atoms with E-state index >= 15 is 0 Å². The molecule has 0 radical (unpaired) electrons. The van der Waals surface area contributed by atoms with E-state index in [1.807, 2.05) is 0 Å². The van der Waals surface area contributed by atoms with Gasteiger partial charge < -0.3 is 22.8 Å². The van der Waals surface area contributed by atoms with Crippen molar-refractivity contribution in [1.29, 1.82) is 0 Å². The van der Waals surface area contributed by atoms with Crippen LogP contribution in [0.2, 0.25) is 22.2 Å². The van der Waals surface area contributed by atoms with Gasteiger partial charge in [-0.05, 0) is 35.0 Å². The molecule has 3 heterocycles. The fraction of sp³-hybridized carbons (Fsp3) is 0.840. The van der Waals surface area contributed by atoms with E-state index in [4.69, 9.17) is 21.9 Å². The van der Waals surface area contributed by atoms with Crippen molar-refractivity contribution in [2.75, 3.05) is 19.5 Å². The molecule has 2 aliphatic heterocycles. The van der Waals surface area contributed by atoms with Crippen molar-refractivity contribution in [2.24, 2.45) is 0 Å². The van der Waals surface area contributed by atoms with Crippen molar-refractivity contribution >= 4 is 27.2 Å². The molecule has 15 heteroatoms. The number of aromatic nitrogens is 2. The average Bonchev–Trinajstić information content (AvgIpc) is 3.06. The molecular formula is C25H46N2O10SSi2. The largest absolute Gasteiger partial charge is 0.414 e. The second kappa shape index (κ2) is 12.2. The van der Waals surface area contributed by atoms with Gasteiger partial charge in [0.05, 0.1) is 19.5 Å². The van der Waals surface area contributed by atoms with E-state index in [1.165, 1.54) is 12.3 Å². The standard InChI is InChI=1S/C25H46N2O10SSi2/c1-16(2)39(17(3)4)34-15-20-22(36-40(37-39,18(5)6)19(7)8)25(30,12-10-14-33-38(9,31)32)23(35-20)27-13-11-21(28)26-24(27)29/h11,13,16-20,22-23,30H,10,12,14-15H2,1-9H3,(H,26,28,29)/t20?,22-,23?,25+/m1/s1. The maximum absolute atomic E-state index is 12.9. The van der Waals surface area contributed by atoms with Crippen molar-refractivity contribution in [3.8, 4) is 0 Å². The summed E-state index contributed by atoms with van der Waals surface area (Å²) in [5.74, 6) is 0. The molecule has 1 aromatic rings. The van der Waals surface area contributed by atoms with Crippen LogP contribution in [-0.2, 0) is 32.0 Å². The first-order valence-corrected chi connectivity index (χ1v) is 19.7. The quantitative estimate of drug-likeness (QED) is 0.226. The van der Waals surface area contributed by atoms with Crippen LogP contribution in [0, 0.1) is 0 Å². The van der Waals surface area contributed by atoms with Gasteiger partial charge in [-0.2, -0.15) is 8.42 Å². The summed E-state index contributed by atoms with van der Waals surface area (Å²) in [6.07, 6.45) is -0.623. The first-order chi connectivity index (χ1) is 18.4. The zero-order valence-corrected chi connectivity index (χ0v) is 27.8. The van der Waals surface area contributed by atoms with Crippen molar-refractivity contribution in [3.63, 3.8) is 0 Å². The Morgan fingerprint density at radius 3 is 2.15 bits per heavy atom. The van der Waals surface area contributed by atoms with Crippen molar-refractivity contribution < 1.29 is 35.4 Å². The molecule has 3 rings (SSSR count). The lowest BCUT2D eigenvalue weighted by molar-refractivity contribution is -0.116. The zero-order valence-electron chi connectivity index (χ0n) is 25.0. The minimum absolute atomic E-state index is 0.0163. The fourth-order valence-electron chi connectivity index (χ4n) is 6.00. The first kappa shape index (κ1) is 33.3. The average molecular weight is 623 g/mol. The second-order valence-corrected chi connectivity index (χ2v) is 22.7. The highest BCUT2D eigenvalue weighted by Crippen LogP contribution is 2.51. The molecule has 2 saturated heterocycles. The Labute approximate surface area is 239 Å². The van der Waals surface area contributed by atoms with Gasteiger partial charge in [-0.15, -0.1) is 0 Å². The molecule has 4 atom stereocenters. The number of hydrogen-bond donors (Lipinski definition) is 2. The highest BCUT2D eigenvalue weighted by Gasteiger charge is 2.65. The van der Waals surface area contributed by atoms with Gasteiger partial charge in [0.1, 0.15) is 17.8 Å². The van der Waals surface area contributed by atoms with Gasteiger partial charge in [0.2, 0.25) is 0 Å². The summed E-state index contributed by atoms with van der Waals surface area (Å²) in [5, 5.41) is 12.4. The van der Waals surface area contributed by atoms with Crippen LogP contribution >= 0.6 is 0 Å². The highest BCUT2D eigenvalue weighted by molar-refractivity contribution is 7.85. The zero-order chi connectivity index (χ0) is 30.3. The minimum Gasteiger partial charge on any atom is -0.414 e. The third kappa shape index (κ3) is 6.42. The van der Waals surface area contributed by atoms with Crippen LogP contribution in [0.4, 0.5) is 0 Å². The Morgan fingerprint density at radius 2 is 1.65 bits per heavy atom. The Bertz CT molecular complexity index is 1230. The Morgan fingerprint density at radius 1 is 1.07 bits per heavy atom. The number of H-pyrrole nitrogens is 1. The second-order valence-electron chi connectivity index (χ2n) is 12.2. The van der Waals surface area contributed by atoms with Crippen LogP contribution in [0.3, 0.4) is 0 Å². The summed E-state index contributed by atoms with van der Waals surface area (Å²) in [6, 6.07) is 1.18. The third-order valence-corrected chi connectivity index (χ3v) is 18.8. The van der Waals surface area contributed by atoms with E-state index in [9.17, 15) is 23.1 Å². The minimum atomic E-state index is -3.69. The predicted molar refractivity (Wildman–Crippen MR) is 154 cm³/mol. The van der Waals surface area contributed by atoms with Crippen molar-refractivity contribution in [2.45, 2.75) is 114 Å². The summed E-state index contributed by atoms with van der Waals surface area (Å²) in [6.45, 7) is 16.5. The summed E-state index contributed by atoms with van der Waals surface area (Å²) in [4.78, 5) is 26.9. The number of hydrogen-bond acceptors (Lipinski definition) is 10. The highest BCUT2D eigenvalue weighted by atomic mass is 32.2. The molecule has 0 saturated carbocycles. The van der Waals surface area contributed by atoms with Crippen molar-refractivity contribution in [3.05, 3.63) is 33.1 Å². The molecular weight excluding hydrogens is 577 g/mol. The molecule has 2 N–H and O–H groups in total. The van der Waals surface area contributed by atoms with Gasteiger partial charge >= 0.3 is 22.8 Å². The fourth-order valence-corrected chi connectivity index (χ4v) is 17.7. The predicted octanol–water partition coefficient (Wildman–Crippen LogP) is 2.88. The maximum Gasteiger partial charge on any atom is 0.335 e. The molecule has 40 heavy (non-hydrogen) atoms. The summed E-state index contributed by atoms with van der Waals surface area (Å²) >= 11 is 0. The van der Waals surface area contributed by atoms with E-state index in [0.29, 0.717) is 0 Å². The van der Waals surface area contributed by atoms with Gasteiger partial charge in [0.25, 0.3) is 15.7 Å². The van der Waals surface area contributed by atoms with Gasteiger partial charge in [-0.1, -0.05) is 55.4 Å². The Hall–Kier alpha value is -1.18. The molecule has 2 aliphatic rings. The van der Waals surface area contributed by atoms with E-state index in [-0.39, 0.29) is 48.2 Å². The molecule has 0 aliphatic carbocycles. The molecule has 230 valence electrons. The van der Waals surface area contributed by atoms with Gasteiger partial charge in [0.15, 0.2) is 6.23 Å². The number of ether oxygens (including phenoxy) is 1. The van der Waals surface area contributed by atoms with Crippen LogP contribution < -0.4 is 11.2 Å². The van der Waals surface area contributed by atoms with E-state index in [2.05, 4.69) is 60.4 Å². The van der Waals surface area contributed by atoms with E-state index in [0.717, 1.165) is 10.8 Å². The van der Waals surface area contributed by atoms with Gasteiger partial charge in [-0.3, -0.25) is 18.5 Å². The number of rotatable bonds is 10. The number of aliphatic hydroxyl groups is 1. The molecule has 0 bridgehead atoms. The van der Waals surface area contributed by atoms with Gasteiger partial charge in [0, 0.05) is 12.3 Å². The Balaban J connectivity index is 2.16. The van der Waals surface area contributed by atoms with Crippen LogP contribution in [-0.4, -0.2) is 77.5 Å². The number of nitrogens with one attached hydrogen (secondary N) is 1. The van der Waals surface area contributed by atoms with Crippen LogP contribution in [0.15, 0.2) is 21.9 Å². The number of nitrogens with zero attached hydrogens (tertiary/aromatic N) is 1. The summed E-state index contributed by atoms with van der Waals surface area (Å²) < 4.78 is 56.6. The lowest BCUT2D eigenvalue weighted by atomic mass is 9.89. The SMILES string of the molecule is CC(C)[Si]1(C(C)C)OCC2OC(n3ccc(=O)[nH]c3=O)[C@](O)(CCCOS(C)(=O)=O)[C@@H]2O[Si](C(C)C)(C(C)C)O1. The maximum atomic E-state index is 12.9. The molecule has 2 unspecified atom stereocenters. The third-order valence-electron chi connectivity index (χ3n) is 8.01. The van der Waals surface area contributed by atoms with Gasteiger partial charge in [-0.25, -0.2) is 4.79 Å². The normalized spacial score (nSPS) is 28.7. The van der Waals surface area contributed by atoms with Crippen LogP contribution in [0.5, 0.6) is 0 Å². The first-order valence-electron chi connectivity index (χ1n) is 13.9. The lowest BCUT2D eigenvalue weighted by Gasteiger charge is -2.52. The topological polar surface area (TPSA) is 155 Å². The summed E-state index contributed by atoms with van der Waals surface area (Å²) in [5.41, 5.74) is -2.98. The van der Waals surface area contributed by atoms with E-state index < -0.39 is 62.5 Å². The monoisotopic (exact) mass is 622 g/mol. The van der Waals surface area contributed by atoms with Crippen LogP contribution in [0.25, 0.3) is 0 Å².